The summed E-state index contributed by atoms with van der Waals surface area (Å²) in [6.45, 7) is 0.771. The van der Waals surface area contributed by atoms with Crippen LogP contribution in [0.3, 0.4) is 0 Å². The minimum atomic E-state index is -0.494. The summed E-state index contributed by atoms with van der Waals surface area (Å²) in [7, 11) is 0. The van der Waals surface area contributed by atoms with Gasteiger partial charge in [-0.2, -0.15) is 0 Å². The van der Waals surface area contributed by atoms with Crippen molar-refractivity contribution in [1.29, 1.82) is 0 Å². The van der Waals surface area contributed by atoms with Crippen molar-refractivity contribution in [2.75, 3.05) is 19.7 Å². The first-order valence-electron chi connectivity index (χ1n) is 8.28. The van der Waals surface area contributed by atoms with Crippen LogP contribution >= 0.6 is 45.2 Å². The number of carbonyl (C=O) groups is 3. The van der Waals surface area contributed by atoms with E-state index in [9.17, 15) is 14.4 Å². The van der Waals surface area contributed by atoms with E-state index in [1.807, 2.05) is 45.2 Å². The standard InChI is InChI=1S/C17H18I2N2O4/c18-13-14(19)16(23)21(15(13)22)8-7-20-17(24)25-9-12-10-5-3-1-2-4-6-11(10)12/h10-12H,3-9H2,(H,20,24). The molecule has 134 valence electrons. The maximum Gasteiger partial charge on any atom is 0.407 e. The molecule has 0 saturated heterocycles. The molecule has 6 nitrogen and oxygen atoms in total. The number of halogens is 2. The van der Waals surface area contributed by atoms with E-state index in [1.54, 1.807) is 0 Å². The number of hydrogen-bond donors (Lipinski definition) is 1. The molecule has 2 atom stereocenters. The zero-order valence-electron chi connectivity index (χ0n) is 13.5. The summed E-state index contributed by atoms with van der Waals surface area (Å²) in [5, 5.41) is 2.61. The van der Waals surface area contributed by atoms with E-state index in [1.165, 1.54) is 0 Å². The van der Waals surface area contributed by atoms with E-state index in [0.29, 0.717) is 31.5 Å². The van der Waals surface area contributed by atoms with Gasteiger partial charge < -0.3 is 10.1 Å². The van der Waals surface area contributed by atoms with E-state index in [-0.39, 0.29) is 24.9 Å². The van der Waals surface area contributed by atoms with Crippen LogP contribution in [-0.4, -0.2) is 42.5 Å². The number of hydrogen-bond acceptors (Lipinski definition) is 4. The molecule has 3 amide bonds. The SMILES string of the molecule is O=C(NCCN1C(=O)C(I)=C(I)C1=O)OCC1C2CCC#CCCC21. The van der Waals surface area contributed by atoms with Crippen LogP contribution in [0.15, 0.2) is 7.16 Å². The lowest BCUT2D eigenvalue weighted by Gasteiger charge is -2.14. The van der Waals surface area contributed by atoms with E-state index in [0.717, 1.165) is 30.6 Å². The Morgan fingerprint density at radius 3 is 2.24 bits per heavy atom. The molecule has 3 rings (SSSR count). The average molecular weight is 568 g/mol. The molecular weight excluding hydrogens is 550 g/mol. The lowest BCUT2D eigenvalue weighted by molar-refractivity contribution is -0.136. The predicted octanol–water partition coefficient (Wildman–Crippen LogP) is 2.60. The monoisotopic (exact) mass is 568 g/mol. The Bertz CT molecular complexity index is 652. The van der Waals surface area contributed by atoms with Crippen molar-refractivity contribution in [1.82, 2.24) is 10.2 Å². The van der Waals surface area contributed by atoms with Crippen LogP contribution in [0.2, 0.25) is 0 Å². The minimum absolute atomic E-state index is 0.151. The van der Waals surface area contributed by atoms with Gasteiger partial charge in [0.1, 0.15) is 0 Å². The molecule has 1 N–H and O–H groups in total. The van der Waals surface area contributed by atoms with Gasteiger partial charge in [0.05, 0.1) is 13.8 Å². The van der Waals surface area contributed by atoms with Gasteiger partial charge in [0.2, 0.25) is 0 Å². The molecule has 1 fully saturated rings. The van der Waals surface area contributed by atoms with Crippen molar-refractivity contribution in [2.24, 2.45) is 17.8 Å². The Labute approximate surface area is 173 Å². The Morgan fingerprint density at radius 1 is 1.12 bits per heavy atom. The number of rotatable bonds is 5. The lowest BCUT2D eigenvalue weighted by Crippen LogP contribution is -2.39. The second-order valence-electron chi connectivity index (χ2n) is 6.34. The van der Waals surface area contributed by atoms with Crippen LogP contribution in [0, 0.1) is 29.6 Å². The van der Waals surface area contributed by atoms with Crippen molar-refractivity contribution in [3.8, 4) is 11.8 Å². The molecular formula is C17H18I2N2O4. The summed E-state index contributed by atoms with van der Waals surface area (Å²) < 4.78 is 6.16. The second-order valence-corrected chi connectivity index (χ2v) is 8.50. The van der Waals surface area contributed by atoms with Crippen molar-refractivity contribution < 1.29 is 19.1 Å². The predicted molar refractivity (Wildman–Crippen MR) is 108 cm³/mol. The summed E-state index contributed by atoms with van der Waals surface area (Å²) in [6.07, 6.45) is 3.57. The zero-order chi connectivity index (χ0) is 18.0. The Morgan fingerprint density at radius 2 is 1.68 bits per heavy atom. The molecule has 1 heterocycles. The van der Waals surface area contributed by atoms with Crippen LogP contribution < -0.4 is 5.32 Å². The fourth-order valence-corrected chi connectivity index (χ4v) is 4.54. The van der Waals surface area contributed by atoms with E-state index in [4.69, 9.17) is 4.74 Å². The topological polar surface area (TPSA) is 75.7 Å². The molecule has 2 unspecified atom stereocenters. The highest BCUT2D eigenvalue weighted by atomic mass is 127. The third-order valence-electron chi connectivity index (χ3n) is 4.91. The molecule has 8 heteroatoms. The molecule has 1 aliphatic heterocycles. The van der Waals surface area contributed by atoms with Crippen LogP contribution in [0.4, 0.5) is 4.79 Å². The number of nitrogens with zero attached hydrogens (tertiary/aromatic N) is 1. The number of imide groups is 1. The highest BCUT2D eigenvalue weighted by Gasteiger charge is 2.49. The number of fused-ring (bicyclic) bond motifs is 1. The number of carbonyl (C=O) groups excluding carboxylic acids is 3. The second kappa shape index (κ2) is 8.24. The number of amides is 3. The molecule has 0 radical (unpaired) electrons. The lowest BCUT2D eigenvalue weighted by atomic mass is 10.1. The molecule has 2 aliphatic carbocycles. The van der Waals surface area contributed by atoms with E-state index in [2.05, 4.69) is 17.2 Å². The van der Waals surface area contributed by atoms with Crippen molar-refractivity contribution in [3.05, 3.63) is 7.16 Å². The fraction of sp³-hybridized carbons (Fsp3) is 0.588. The van der Waals surface area contributed by atoms with E-state index >= 15 is 0 Å². The Balaban J connectivity index is 1.34. The third kappa shape index (κ3) is 4.30. The molecule has 3 aliphatic rings. The van der Waals surface area contributed by atoms with Gasteiger partial charge >= 0.3 is 6.09 Å². The summed E-state index contributed by atoms with van der Waals surface area (Å²) in [5.74, 6) is 7.44. The first-order chi connectivity index (χ1) is 12.0. The van der Waals surface area contributed by atoms with Crippen molar-refractivity contribution in [2.45, 2.75) is 25.7 Å². The zero-order valence-corrected chi connectivity index (χ0v) is 17.8. The number of alkyl carbamates (subject to hydrolysis) is 1. The molecule has 0 aromatic rings. The van der Waals surface area contributed by atoms with Gasteiger partial charge in [-0.1, -0.05) is 0 Å². The van der Waals surface area contributed by atoms with Crippen LogP contribution in [-0.2, 0) is 14.3 Å². The van der Waals surface area contributed by atoms with Crippen LogP contribution in [0.1, 0.15) is 25.7 Å². The highest BCUT2D eigenvalue weighted by molar-refractivity contribution is 14.1. The van der Waals surface area contributed by atoms with Gasteiger partial charge in [-0.25, -0.2) is 4.79 Å². The maximum absolute atomic E-state index is 11.9. The smallest absolute Gasteiger partial charge is 0.407 e. The summed E-state index contributed by atoms with van der Waals surface area (Å²) >= 11 is 3.74. The molecule has 0 spiro atoms. The van der Waals surface area contributed by atoms with Gasteiger partial charge in [-0.15, -0.1) is 11.8 Å². The van der Waals surface area contributed by atoms with Crippen molar-refractivity contribution in [3.63, 3.8) is 0 Å². The average Bonchev–Trinajstić information content (AvgIpc) is 3.18. The first kappa shape index (κ1) is 18.9. The van der Waals surface area contributed by atoms with Gasteiger partial charge in [0.25, 0.3) is 11.8 Å². The molecule has 1 saturated carbocycles. The summed E-state index contributed by atoms with van der Waals surface area (Å²) in [5.41, 5.74) is 0. The molecule has 0 aromatic carbocycles. The van der Waals surface area contributed by atoms with Gasteiger partial charge in [-0.3, -0.25) is 14.5 Å². The van der Waals surface area contributed by atoms with Crippen LogP contribution in [0.5, 0.6) is 0 Å². The maximum atomic E-state index is 11.9. The Hall–Kier alpha value is -0.830. The molecule has 0 aromatic heterocycles. The molecule has 25 heavy (non-hydrogen) atoms. The fourth-order valence-electron chi connectivity index (χ4n) is 3.50. The van der Waals surface area contributed by atoms with Crippen LogP contribution in [0.25, 0.3) is 0 Å². The number of ether oxygens (including phenoxy) is 1. The van der Waals surface area contributed by atoms with Gasteiger partial charge in [0, 0.05) is 25.9 Å². The molecule has 0 bridgehead atoms. The quantitative estimate of drug-likeness (QED) is 0.315. The summed E-state index contributed by atoms with van der Waals surface area (Å²) in [4.78, 5) is 36.8. The van der Waals surface area contributed by atoms with E-state index < -0.39 is 6.09 Å². The van der Waals surface area contributed by atoms with Crippen molar-refractivity contribution >= 4 is 63.1 Å². The largest absolute Gasteiger partial charge is 0.449 e. The van der Waals surface area contributed by atoms with Gasteiger partial charge in [-0.05, 0) is 75.8 Å². The third-order valence-corrected chi connectivity index (χ3v) is 7.94. The minimum Gasteiger partial charge on any atom is -0.449 e. The number of nitrogens with one attached hydrogen (secondary N) is 1. The highest BCUT2D eigenvalue weighted by Crippen LogP contribution is 2.52. The summed E-state index contributed by atoms with van der Waals surface area (Å²) in [6, 6.07) is 0. The van der Waals surface area contributed by atoms with Gasteiger partial charge in [0.15, 0.2) is 0 Å². The normalized spacial score (nSPS) is 27.9. The Kier molecular flexibility index (Phi) is 6.25. The first-order valence-corrected chi connectivity index (χ1v) is 10.4.